The maximum absolute atomic E-state index is 12.3. The van der Waals surface area contributed by atoms with Crippen molar-refractivity contribution in [3.63, 3.8) is 0 Å². The Kier molecular flexibility index (Phi) is 6.29. The van der Waals surface area contributed by atoms with E-state index in [1.54, 1.807) is 6.92 Å². The molecule has 1 aliphatic carbocycles. The van der Waals surface area contributed by atoms with Crippen LogP contribution < -0.4 is 5.43 Å². The summed E-state index contributed by atoms with van der Waals surface area (Å²) in [4.78, 5) is 24.1. The first-order chi connectivity index (χ1) is 11.2. The quantitative estimate of drug-likeness (QED) is 0.644. The van der Waals surface area contributed by atoms with Gasteiger partial charge in [-0.15, -0.1) is 0 Å². The number of amides is 1. The van der Waals surface area contributed by atoms with Crippen LogP contribution >= 0.6 is 0 Å². The van der Waals surface area contributed by atoms with E-state index in [0.29, 0.717) is 25.2 Å². The molecule has 0 aromatic heterocycles. The number of nitrogens with zero attached hydrogens (tertiary/aromatic N) is 1. The molecule has 124 valence electrons. The van der Waals surface area contributed by atoms with E-state index in [1.165, 1.54) is 7.11 Å². The smallest absolute Gasteiger partial charge is 0.314 e. The molecule has 1 amide bonds. The highest BCUT2D eigenvalue weighted by Gasteiger charge is 2.31. The summed E-state index contributed by atoms with van der Waals surface area (Å²) in [6.07, 6.45) is 1.53. The van der Waals surface area contributed by atoms with Gasteiger partial charge >= 0.3 is 5.97 Å². The summed E-state index contributed by atoms with van der Waals surface area (Å²) in [6, 6.07) is 9.19. The van der Waals surface area contributed by atoms with Crippen LogP contribution in [-0.2, 0) is 19.1 Å². The van der Waals surface area contributed by atoms with Gasteiger partial charge in [-0.05, 0) is 31.7 Å². The second kappa shape index (κ2) is 8.43. The van der Waals surface area contributed by atoms with Crippen LogP contribution in [0.1, 0.15) is 37.9 Å². The maximum Gasteiger partial charge on any atom is 0.314 e. The molecule has 1 aromatic rings. The van der Waals surface area contributed by atoms with Crippen molar-refractivity contribution in [2.75, 3.05) is 13.7 Å². The average Bonchev–Trinajstić information content (AvgIpc) is 3.03. The molecule has 1 fully saturated rings. The summed E-state index contributed by atoms with van der Waals surface area (Å²) >= 11 is 0. The highest BCUT2D eigenvalue weighted by atomic mass is 16.5. The third kappa shape index (κ3) is 4.39. The molecule has 1 N–H and O–H groups in total. The fourth-order valence-electron chi connectivity index (χ4n) is 2.67. The van der Waals surface area contributed by atoms with E-state index in [0.717, 1.165) is 12.0 Å². The van der Waals surface area contributed by atoms with Gasteiger partial charge in [0.05, 0.1) is 18.2 Å². The van der Waals surface area contributed by atoms with E-state index in [-0.39, 0.29) is 17.8 Å². The number of carbonyl (C=O) groups excluding carboxylic acids is 2. The summed E-state index contributed by atoms with van der Waals surface area (Å²) in [7, 11) is 1.47. The molecular formula is C17H22N2O4. The molecule has 1 aliphatic rings. The highest BCUT2D eigenvalue weighted by Crippen LogP contribution is 2.24. The van der Waals surface area contributed by atoms with E-state index in [9.17, 15) is 9.59 Å². The Hall–Kier alpha value is -2.21. The molecule has 0 spiro atoms. The summed E-state index contributed by atoms with van der Waals surface area (Å²) in [6.45, 7) is 2.11. The van der Waals surface area contributed by atoms with Gasteiger partial charge in [0.15, 0.2) is 6.10 Å². The summed E-state index contributed by atoms with van der Waals surface area (Å²) in [5.41, 5.74) is 3.93. The fraction of sp³-hybridized carbons (Fsp3) is 0.471. The largest absolute Gasteiger partial charge is 0.465 e. The van der Waals surface area contributed by atoms with Crippen molar-refractivity contribution in [2.24, 2.45) is 11.0 Å². The van der Waals surface area contributed by atoms with E-state index in [2.05, 4.69) is 10.5 Å². The molecule has 23 heavy (non-hydrogen) atoms. The van der Waals surface area contributed by atoms with E-state index < -0.39 is 6.10 Å². The number of methoxy groups -OCH3 is 1. The standard InChI is InChI=1S/C17H22N2O4/c1-3-23-17(21)13-10-7-11-14(13)18-19-16(20)15(22-2)12-8-5-4-6-9-12/h4-6,8-9,13,15H,3,7,10-11H2,1-2H3,(H,19,20)/b18-14-/t13-,15-/m1/s1. The number of rotatable bonds is 6. The van der Waals surface area contributed by atoms with Crippen molar-refractivity contribution < 1.29 is 19.1 Å². The zero-order valence-electron chi connectivity index (χ0n) is 13.5. The summed E-state index contributed by atoms with van der Waals surface area (Å²) < 4.78 is 10.3. The molecule has 0 saturated heterocycles. The van der Waals surface area contributed by atoms with Crippen molar-refractivity contribution >= 4 is 17.6 Å². The molecule has 2 atom stereocenters. The average molecular weight is 318 g/mol. The third-order valence-corrected chi connectivity index (χ3v) is 3.78. The van der Waals surface area contributed by atoms with E-state index in [1.807, 2.05) is 30.3 Å². The lowest BCUT2D eigenvalue weighted by molar-refractivity contribution is -0.145. The zero-order valence-corrected chi connectivity index (χ0v) is 13.5. The Labute approximate surface area is 135 Å². The Bertz CT molecular complexity index is 571. The van der Waals surface area contributed by atoms with Gasteiger partial charge in [-0.2, -0.15) is 5.10 Å². The predicted molar refractivity (Wildman–Crippen MR) is 85.7 cm³/mol. The highest BCUT2D eigenvalue weighted by molar-refractivity contribution is 6.04. The van der Waals surface area contributed by atoms with Crippen LogP contribution in [0.25, 0.3) is 0 Å². The van der Waals surface area contributed by atoms with Gasteiger partial charge in [0.25, 0.3) is 5.91 Å². The molecule has 0 aliphatic heterocycles. The first kappa shape index (κ1) is 17.1. The monoisotopic (exact) mass is 318 g/mol. The lowest BCUT2D eigenvalue weighted by Gasteiger charge is -2.15. The molecule has 0 bridgehead atoms. The number of hydrogen-bond donors (Lipinski definition) is 1. The molecule has 0 unspecified atom stereocenters. The van der Waals surface area contributed by atoms with Crippen LogP contribution in [-0.4, -0.2) is 31.3 Å². The van der Waals surface area contributed by atoms with Crippen LogP contribution in [0.4, 0.5) is 0 Å². The van der Waals surface area contributed by atoms with Gasteiger partial charge in [-0.3, -0.25) is 9.59 Å². The van der Waals surface area contributed by atoms with Crippen molar-refractivity contribution in [3.8, 4) is 0 Å². The van der Waals surface area contributed by atoms with Gasteiger partial charge in [0, 0.05) is 7.11 Å². The first-order valence-corrected chi connectivity index (χ1v) is 7.78. The number of hydrazone groups is 1. The second-order valence-electron chi connectivity index (χ2n) is 5.30. The number of carbonyl (C=O) groups is 2. The van der Waals surface area contributed by atoms with Crippen molar-refractivity contribution in [1.29, 1.82) is 0 Å². The van der Waals surface area contributed by atoms with Crippen LogP contribution in [0, 0.1) is 5.92 Å². The molecule has 1 saturated carbocycles. The molecule has 6 heteroatoms. The summed E-state index contributed by atoms with van der Waals surface area (Å²) in [5, 5.41) is 4.14. The fourth-order valence-corrected chi connectivity index (χ4v) is 2.67. The third-order valence-electron chi connectivity index (χ3n) is 3.78. The molecule has 0 heterocycles. The van der Waals surface area contributed by atoms with Gasteiger partial charge in [-0.25, -0.2) is 5.43 Å². The first-order valence-electron chi connectivity index (χ1n) is 7.78. The molecule has 6 nitrogen and oxygen atoms in total. The summed E-state index contributed by atoms with van der Waals surface area (Å²) in [5.74, 6) is -0.988. The lowest BCUT2D eigenvalue weighted by Crippen LogP contribution is -2.29. The van der Waals surface area contributed by atoms with Crippen molar-refractivity contribution in [1.82, 2.24) is 5.43 Å². The van der Waals surface area contributed by atoms with Gasteiger partial charge in [0.1, 0.15) is 0 Å². The Balaban J connectivity index is 2.03. The van der Waals surface area contributed by atoms with Crippen LogP contribution in [0.5, 0.6) is 0 Å². The van der Waals surface area contributed by atoms with Crippen LogP contribution in [0.2, 0.25) is 0 Å². The van der Waals surface area contributed by atoms with Crippen LogP contribution in [0.3, 0.4) is 0 Å². The topological polar surface area (TPSA) is 77.0 Å². The zero-order chi connectivity index (χ0) is 16.7. The number of hydrogen-bond acceptors (Lipinski definition) is 5. The number of ether oxygens (including phenoxy) is 2. The molecule has 1 aromatic carbocycles. The molecule has 0 radical (unpaired) electrons. The minimum absolute atomic E-state index is 0.274. The molecule has 2 rings (SSSR count). The van der Waals surface area contributed by atoms with Crippen molar-refractivity contribution in [2.45, 2.75) is 32.3 Å². The minimum Gasteiger partial charge on any atom is -0.465 e. The lowest BCUT2D eigenvalue weighted by atomic mass is 10.1. The van der Waals surface area contributed by atoms with E-state index >= 15 is 0 Å². The number of esters is 1. The Morgan fingerprint density at radius 1 is 1.35 bits per heavy atom. The van der Waals surface area contributed by atoms with E-state index in [4.69, 9.17) is 9.47 Å². The van der Waals surface area contributed by atoms with Gasteiger partial charge in [-0.1, -0.05) is 30.3 Å². The Morgan fingerprint density at radius 2 is 2.09 bits per heavy atom. The predicted octanol–water partition coefficient (Wildman–Crippen LogP) is 2.21. The van der Waals surface area contributed by atoms with Crippen molar-refractivity contribution in [3.05, 3.63) is 35.9 Å². The number of nitrogens with one attached hydrogen (secondary N) is 1. The number of benzene rings is 1. The minimum atomic E-state index is -0.733. The maximum atomic E-state index is 12.3. The second-order valence-corrected chi connectivity index (χ2v) is 5.30. The molecular weight excluding hydrogens is 296 g/mol. The van der Waals surface area contributed by atoms with Crippen LogP contribution in [0.15, 0.2) is 35.4 Å². The van der Waals surface area contributed by atoms with Gasteiger partial charge in [0.2, 0.25) is 0 Å². The normalized spacial score (nSPS) is 20.3. The van der Waals surface area contributed by atoms with Gasteiger partial charge < -0.3 is 9.47 Å². The SMILES string of the molecule is CCOC(=O)[C@@H]1CCC/C1=N/NC(=O)[C@H](OC)c1ccccc1. The Morgan fingerprint density at radius 3 is 2.74 bits per heavy atom.